The predicted octanol–water partition coefficient (Wildman–Crippen LogP) is 1.73. The number of rotatable bonds is 10. The van der Waals surface area contributed by atoms with Gasteiger partial charge in [0.1, 0.15) is 0 Å². The summed E-state index contributed by atoms with van der Waals surface area (Å²) in [5, 5.41) is 3.62. The molecule has 0 heterocycles. The summed E-state index contributed by atoms with van der Waals surface area (Å²) in [6.07, 6.45) is 5.35. The van der Waals surface area contributed by atoms with E-state index >= 15 is 0 Å². The van der Waals surface area contributed by atoms with E-state index in [1.54, 1.807) is 7.11 Å². The Hall–Kier alpha value is -0.120. The summed E-state index contributed by atoms with van der Waals surface area (Å²) < 4.78 is 5.25. The first-order valence-corrected chi connectivity index (χ1v) is 6.68. The van der Waals surface area contributed by atoms with Crippen LogP contribution in [0, 0.1) is 5.92 Å². The lowest BCUT2D eigenvalue weighted by molar-refractivity contribution is 0.155. The number of likely N-dealkylation sites (N-methyl/N-ethyl adjacent to an activating group) is 1. The Kier molecular flexibility index (Phi) is 7.01. The summed E-state index contributed by atoms with van der Waals surface area (Å²) in [6.45, 7) is 6.56. The van der Waals surface area contributed by atoms with Crippen LogP contribution in [-0.2, 0) is 4.74 Å². The van der Waals surface area contributed by atoms with Crippen molar-refractivity contribution in [3.8, 4) is 0 Å². The average molecular weight is 228 g/mol. The zero-order valence-corrected chi connectivity index (χ0v) is 11.2. The Balaban J connectivity index is 2.03. The fourth-order valence-corrected chi connectivity index (χ4v) is 2.02. The zero-order chi connectivity index (χ0) is 11.8. The Morgan fingerprint density at radius 1 is 1.38 bits per heavy atom. The molecule has 16 heavy (non-hydrogen) atoms. The van der Waals surface area contributed by atoms with Crippen LogP contribution in [0.3, 0.4) is 0 Å². The summed E-state index contributed by atoms with van der Waals surface area (Å²) in [7, 11) is 4.00. The van der Waals surface area contributed by atoms with Crippen molar-refractivity contribution in [3.05, 3.63) is 0 Å². The van der Waals surface area contributed by atoms with Crippen LogP contribution < -0.4 is 5.32 Å². The highest BCUT2D eigenvalue weighted by Gasteiger charge is 2.30. The van der Waals surface area contributed by atoms with Crippen LogP contribution in [0.4, 0.5) is 0 Å². The molecule has 0 aromatic carbocycles. The molecule has 3 heteroatoms. The molecule has 0 aromatic rings. The second kappa shape index (κ2) is 8.04. The number of hydrogen-bond acceptors (Lipinski definition) is 3. The topological polar surface area (TPSA) is 24.5 Å². The summed E-state index contributed by atoms with van der Waals surface area (Å²) in [6, 6.07) is 0.588. The molecule has 1 saturated carbocycles. The molecular weight excluding hydrogens is 200 g/mol. The quantitative estimate of drug-likeness (QED) is 0.616. The number of nitrogens with one attached hydrogen (secondary N) is 1. The van der Waals surface area contributed by atoms with Gasteiger partial charge in [0.15, 0.2) is 0 Å². The van der Waals surface area contributed by atoms with Gasteiger partial charge in [-0.15, -0.1) is 0 Å². The lowest BCUT2D eigenvalue weighted by Crippen LogP contribution is -2.39. The number of nitrogens with zero attached hydrogens (tertiary/aromatic N) is 1. The molecule has 1 atom stereocenters. The Morgan fingerprint density at radius 3 is 2.69 bits per heavy atom. The van der Waals surface area contributed by atoms with Gasteiger partial charge in [-0.05, 0) is 38.8 Å². The van der Waals surface area contributed by atoms with E-state index in [9.17, 15) is 0 Å². The standard InChI is InChI=1S/C13H28N2O/c1-4-5-9-15(2)10-8-14-13(11-16-3)12-6-7-12/h12-14H,4-11H2,1-3H3. The van der Waals surface area contributed by atoms with Gasteiger partial charge in [0.25, 0.3) is 0 Å². The Bertz CT molecular complexity index is 171. The molecule has 0 aromatic heterocycles. The van der Waals surface area contributed by atoms with Crippen LogP contribution in [0.25, 0.3) is 0 Å². The fraction of sp³-hybridized carbons (Fsp3) is 1.00. The van der Waals surface area contributed by atoms with Crippen LogP contribution >= 0.6 is 0 Å². The van der Waals surface area contributed by atoms with Crippen molar-refractivity contribution in [1.29, 1.82) is 0 Å². The highest BCUT2D eigenvalue weighted by atomic mass is 16.5. The van der Waals surface area contributed by atoms with Crippen LogP contribution in [0.15, 0.2) is 0 Å². The van der Waals surface area contributed by atoms with Gasteiger partial charge in [-0.3, -0.25) is 0 Å². The second-order valence-corrected chi connectivity index (χ2v) is 5.01. The Labute approximate surface area is 101 Å². The first kappa shape index (κ1) is 13.9. The molecule has 1 N–H and O–H groups in total. The number of unbranched alkanes of at least 4 members (excludes halogenated alkanes) is 1. The largest absolute Gasteiger partial charge is 0.383 e. The Morgan fingerprint density at radius 2 is 2.12 bits per heavy atom. The maximum absolute atomic E-state index is 5.25. The van der Waals surface area contributed by atoms with Gasteiger partial charge in [0, 0.05) is 26.2 Å². The SMILES string of the molecule is CCCCN(C)CCNC(COC)C1CC1. The lowest BCUT2D eigenvalue weighted by atomic mass is 10.2. The molecule has 0 saturated heterocycles. The minimum atomic E-state index is 0.588. The summed E-state index contributed by atoms with van der Waals surface area (Å²) in [5.74, 6) is 0.876. The molecule has 3 nitrogen and oxygen atoms in total. The van der Waals surface area contributed by atoms with E-state index < -0.39 is 0 Å². The van der Waals surface area contributed by atoms with E-state index in [1.165, 1.54) is 32.2 Å². The minimum Gasteiger partial charge on any atom is -0.383 e. The van der Waals surface area contributed by atoms with E-state index in [-0.39, 0.29) is 0 Å². The third kappa shape index (κ3) is 5.83. The van der Waals surface area contributed by atoms with Crippen LogP contribution in [-0.4, -0.2) is 51.3 Å². The van der Waals surface area contributed by atoms with Gasteiger partial charge in [0.2, 0.25) is 0 Å². The van der Waals surface area contributed by atoms with Crippen molar-refractivity contribution in [2.24, 2.45) is 5.92 Å². The molecule has 1 fully saturated rings. The maximum atomic E-state index is 5.25. The first-order chi connectivity index (χ1) is 7.77. The van der Waals surface area contributed by atoms with Crippen molar-refractivity contribution >= 4 is 0 Å². The second-order valence-electron chi connectivity index (χ2n) is 5.01. The number of methoxy groups -OCH3 is 1. The van der Waals surface area contributed by atoms with Gasteiger partial charge in [-0.25, -0.2) is 0 Å². The molecule has 0 aliphatic heterocycles. The van der Waals surface area contributed by atoms with E-state index in [0.29, 0.717) is 6.04 Å². The predicted molar refractivity (Wildman–Crippen MR) is 68.8 cm³/mol. The van der Waals surface area contributed by atoms with Crippen molar-refractivity contribution < 1.29 is 4.74 Å². The van der Waals surface area contributed by atoms with Crippen molar-refractivity contribution in [2.75, 3.05) is 40.4 Å². The van der Waals surface area contributed by atoms with Gasteiger partial charge in [0.05, 0.1) is 6.61 Å². The normalized spacial score (nSPS) is 18.0. The van der Waals surface area contributed by atoms with Gasteiger partial charge in [-0.1, -0.05) is 13.3 Å². The van der Waals surface area contributed by atoms with Crippen molar-refractivity contribution in [3.63, 3.8) is 0 Å². The molecular formula is C13H28N2O. The highest BCUT2D eigenvalue weighted by Crippen LogP contribution is 2.32. The third-order valence-corrected chi connectivity index (χ3v) is 3.33. The molecule has 1 aliphatic carbocycles. The van der Waals surface area contributed by atoms with Crippen molar-refractivity contribution in [1.82, 2.24) is 10.2 Å². The van der Waals surface area contributed by atoms with E-state index in [4.69, 9.17) is 4.74 Å². The van der Waals surface area contributed by atoms with Crippen LogP contribution in [0.1, 0.15) is 32.6 Å². The van der Waals surface area contributed by atoms with E-state index in [1.807, 2.05) is 0 Å². The smallest absolute Gasteiger partial charge is 0.0618 e. The third-order valence-electron chi connectivity index (χ3n) is 3.33. The first-order valence-electron chi connectivity index (χ1n) is 6.68. The van der Waals surface area contributed by atoms with Gasteiger partial charge in [-0.2, -0.15) is 0 Å². The molecule has 1 unspecified atom stereocenters. The lowest BCUT2D eigenvalue weighted by Gasteiger charge is -2.21. The summed E-state index contributed by atoms with van der Waals surface area (Å²) in [5.41, 5.74) is 0. The van der Waals surface area contributed by atoms with Crippen LogP contribution in [0.2, 0.25) is 0 Å². The molecule has 96 valence electrons. The van der Waals surface area contributed by atoms with Gasteiger partial charge < -0.3 is 15.0 Å². The van der Waals surface area contributed by atoms with Crippen LogP contribution in [0.5, 0.6) is 0 Å². The molecule has 1 aliphatic rings. The molecule has 0 spiro atoms. The average Bonchev–Trinajstić information content (AvgIpc) is 3.09. The summed E-state index contributed by atoms with van der Waals surface area (Å²) in [4.78, 5) is 2.41. The fourth-order valence-electron chi connectivity index (χ4n) is 2.02. The monoisotopic (exact) mass is 228 g/mol. The number of ether oxygens (including phenoxy) is 1. The van der Waals surface area contributed by atoms with Gasteiger partial charge >= 0.3 is 0 Å². The molecule has 0 amide bonds. The maximum Gasteiger partial charge on any atom is 0.0618 e. The van der Waals surface area contributed by atoms with E-state index in [0.717, 1.165) is 25.6 Å². The molecule has 0 radical (unpaired) electrons. The number of hydrogen-bond donors (Lipinski definition) is 1. The summed E-state index contributed by atoms with van der Waals surface area (Å²) >= 11 is 0. The zero-order valence-electron chi connectivity index (χ0n) is 11.2. The highest BCUT2D eigenvalue weighted by molar-refractivity contribution is 4.86. The minimum absolute atomic E-state index is 0.588. The van der Waals surface area contributed by atoms with E-state index in [2.05, 4.69) is 24.2 Å². The molecule has 0 bridgehead atoms. The van der Waals surface area contributed by atoms with Crippen molar-refractivity contribution in [2.45, 2.75) is 38.6 Å². The molecule has 1 rings (SSSR count).